The van der Waals surface area contributed by atoms with Gasteiger partial charge in [0, 0.05) is 18.6 Å². The van der Waals surface area contributed by atoms with Crippen molar-refractivity contribution in [3.8, 4) is 0 Å². The van der Waals surface area contributed by atoms with Gasteiger partial charge < -0.3 is 26.0 Å². The minimum absolute atomic E-state index is 0.0609. The van der Waals surface area contributed by atoms with E-state index in [1.807, 2.05) is 14.1 Å². The Morgan fingerprint density at radius 1 is 1.22 bits per heavy atom. The number of carbonyl (C=O) groups is 2. The first-order chi connectivity index (χ1) is 12.8. The molecular formula is C18H28FN5O3. The average molecular weight is 381 g/mol. The van der Waals surface area contributed by atoms with Crippen LogP contribution in [-0.4, -0.2) is 66.3 Å². The maximum absolute atomic E-state index is 13.6. The topological polar surface area (TPSA) is 107 Å². The molecule has 0 radical (unpaired) electrons. The first-order valence-electron chi connectivity index (χ1n) is 9.19. The van der Waals surface area contributed by atoms with E-state index in [1.165, 1.54) is 6.07 Å². The third kappa shape index (κ3) is 7.01. The highest BCUT2D eigenvalue weighted by atomic mass is 19.1. The molecule has 1 saturated carbocycles. The number of anilines is 1. The molecule has 1 aliphatic rings. The van der Waals surface area contributed by atoms with Gasteiger partial charge in [-0.2, -0.15) is 0 Å². The van der Waals surface area contributed by atoms with Crippen molar-refractivity contribution in [2.75, 3.05) is 32.5 Å². The lowest BCUT2D eigenvalue weighted by atomic mass is 9.91. The van der Waals surface area contributed by atoms with Crippen LogP contribution in [0.3, 0.4) is 0 Å². The Labute approximate surface area is 158 Å². The predicted molar refractivity (Wildman–Crippen MR) is 101 cm³/mol. The standard InChI is InChI=1S/C18H28FN5O3/c1-24(2)9-3-8-20-16-15(10-12(19)11-21-16)17(25)22-13-4-6-14(7-5-13)23-18(26)27/h10-11,13-14,23H,3-9H2,1-2H3,(H,20,21)(H,22,25)(H,26,27). The number of pyridine rings is 1. The Morgan fingerprint density at radius 2 is 1.85 bits per heavy atom. The van der Waals surface area contributed by atoms with Crippen molar-refractivity contribution < 1.29 is 19.1 Å². The van der Waals surface area contributed by atoms with Crippen LogP contribution in [0.25, 0.3) is 0 Å². The molecule has 2 amide bonds. The Balaban J connectivity index is 1.91. The van der Waals surface area contributed by atoms with E-state index in [4.69, 9.17) is 5.11 Å². The van der Waals surface area contributed by atoms with Gasteiger partial charge in [0.25, 0.3) is 5.91 Å². The second-order valence-corrected chi connectivity index (χ2v) is 7.10. The maximum Gasteiger partial charge on any atom is 0.404 e. The molecule has 0 aromatic carbocycles. The molecule has 0 spiro atoms. The van der Waals surface area contributed by atoms with Crippen LogP contribution in [-0.2, 0) is 0 Å². The van der Waals surface area contributed by atoms with Gasteiger partial charge in [-0.25, -0.2) is 14.2 Å². The normalized spacial score (nSPS) is 19.6. The second-order valence-electron chi connectivity index (χ2n) is 7.10. The highest BCUT2D eigenvalue weighted by molar-refractivity contribution is 5.98. The molecule has 0 bridgehead atoms. The summed E-state index contributed by atoms with van der Waals surface area (Å²) in [5.41, 5.74) is 0.186. The number of aromatic nitrogens is 1. The molecule has 1 aromatic heterocycles. The largest absolute Gasteiger partial charge is 0.465 e. The van der Waals surface area contributed by atoms with E-state index >= 15 is 0 Å². The number of rotatable bonds is 8. The van der Waals surface area contributed by atoms with Gasteiger partial charge >= 0.3 is 6.09 Å². The van der Waals surface area contributed by atoms with Crippen LogP contribution in [0.15, 0.2) is 12.3 Å². The number of nitrogens with one attached hydrogen (secondary N) is 3. The molecule has 1 aliphatic carbocycles. The maximum atomic E-state index is 13.6. The van der Waals surface area contributed by atoms with Gasteiger partial charge in [0.05, 0.1) is 11.8 Å². The van der Waals surface area contributed by atoms with Crippen molar-refractivity contribution in [1.82, 2.24) is 20.5 Å². The van der Waals surface area contributed by atoms with E-state index in [2.05, 4.69) is 25.8 Å². The minimum Gasteiger partial charge on any atom is -0.465 e. The van der Waals surface area contributed by atoms with Crippen molar-refractivity contribution in [3.05, 3.63) is 23.6 Å². The van der Waals surface area contributed by atoms with Crippen molar-refractivity contribution in [1.29, 1.82) is 0 Å². The fraction of sp³-hybridized carbons (Fsp3) is 0.611. The molecule has 27 heavy (non-hydrogen) atoms. The summed E-state index contributed by atoms with van der Waals surface area (Å²) in [5.74, 6) is -0.561. The fourth-order valence-corrected chi connectivity index (χ4v) is 3.18. The lowest BCUT2D eigenvalue weighted by Crippen LogP contribution is -2.43. The van der Waals surface area contributed by atoms with E-state index in [0.29, 0.717) is 38.0 Å². The van der Waals surface area contributed by atoms with Gasteiger partial charge in [-0.3, -0.25) is 4.79 Å². The van der Waals surface area contributed by atoms with Crippen molar-refractivity contribution in [2.45, 2.75) is 44.2 Å². The molecule has 1 heterocycles. The Morgan fingerprint density at radius 3 is 2.44 bits per heavy atom. The molecule has 0 unspecified atom stereocenters. The fourth-order valence-electron chi connectivity index (χ4n) is 3.18. The zero-order valence-electron chi connectivity index (χ0n) is 15.8. The minimum atomic E-state index is -1.03. The number of halogens is 1. The Bertz CT molecular complexity index is 648. The van der Waals surface area contributed by atoms with E-state index in [1.54, 1.807) is 0 Å². The number of hydrogen-bond acceptors (Lipinski definition) is 5. The van der Waals surface area contributed by atoms with Gasteiger partial charge in [-0.05, 0) is 58.8 Å². The highest BCUT2D eigenvalue weighted by Gasteiger charge is 2.25. The second kappa shape index (κ2) is 10.1. The quantitative estimate of drug-likeness (QED) is 0.513. The molecule has 1 fully saturated rings. The molecule has 0 aliphatic heterocycles. The SMILES string of the molecule is CN(C)CCCNc1ncc(F)cc1C(=O)NC1CCC(NC(=O)O)CC1. The number of carbonyl (C=O) groups excluding carboxylic acids is 1. The van der Waals surface area contributed by atoms with Crippen LogP contribution >= 0.6 is 0 Å². The van der Waals surface area contributed by atoms with Gasteiger partial charge in [-0.15, -0.1) is 0 Å². The molecule has 150 valence electrons. The van der Waals surface area contributed by atoms with Crippen LogP contribution in [0.1, 0.15) is 42.5 Å². The molecule has 4 N–H and O–H groups in total. The van der Waals surface area contributed by atoms with Crippen LogP contribution in [0.5, 0.6) is 0 Å². The molecule has 1 aromatic rings. The summed E-state index contributed by atoms with van der Waals surface area (Å²) in [5, 5.41) is 17.3. The summed E-state index contributed by atoms with van der Waals surface area (Å²) in [6.45, 7) is 1.52. The van der Waals surface area contributed by atoms with Crippen LogP contribution in [0.4, 0.5) is 15.0 Å². The van der Waals surface area contributed by atoms with E-state index in [0.717, 1.165) is 19.2 Å². The van der Waals surface area contributed by atoms with Gasteiger partial charge in [-0.1, -0.05) is 0 Å². The number of amides is 2. The average Bonchev–Trinajstić information content (AvgIpc) is 2.60. The van der Waals surface area contributed by atoms with Crippen molar-refractivity contribution >= 4 is 17.8 Å². The van der Waals surface area contributed by atoms with E-state index in [9.17, 15) is 14.0 Å². The number of nitrogens with zero attached hydrogens (tertiary/aromatic N) is 2. The molecule has 9 heteroatoms. The van der Waals surface area contributed by atoms with E-state index in [-0.39, 0.29) is 23.6 Å². The molecule has 0 saturated heterocycles. The monoisotopic (exact) mass is 381 g/mol. The van der Waals surface area contributed by atoms with Gasteiger partial charge in [0.1, 0.15) is 11.6 Å². The summed E-state index contributed by atoms with van der Waals surface area (Å²) in [6.07, 6.45) is 3.60. The first-order valence-corrected chi connectivity index (χ1v) is 9.19. The molecular weight excluding hydrogens is 353 g/mol. The van der Waals surface area contributed by atoms with Crippen molar-refractivity contribution in [3.63, 3.8) is 0 Å². The van der Waals surface area contributed by atoms with Crippen LogP contribution < -0.4 is 16.0 Å². The zero-order valence-corrected chi connectivity index (χ0v) is 15.8. The lowest BCUT2D eigenvalue weighted by Gasteiger charge is -2.29. The third-order valence-corrected chi connectivity index (χ3v) is 4.56. The Kier molecular flexibility index (Phi) is 7.78. The first kappa shape index (κ1) is 20.9. The summed E-state index contributed by atoms with van der Waals surface area (Å²) >= 11 is 0. The smallest absolute Gasteiger partial charge is 0.404 e. The summed E-state index contributed by atoms with van der Waals surface area (Å²) in [6, 6.07) is 1.04. The summed E-state index contributed by atoms with van der Waals surface area (Å²) < 4.78 is 13.6. The molecule has 2 rings (SSSR count). The van der Waals surface area contributed by atoms with Gasteiger partial charge in [0.2, 0.25) is 0 Å². The van der Waals surface area contributed by atoms with Crippen LogP contribution in [0, 0.1) is 5.82 Å². The summed E-state index contributed by atoms with van der Waals surface area (Å²) in [7, 11) is 3.96. The third-order valence-electron chi connectivity index (χ3n) is 4.56. The molecule has 0 atom stereocenters. The summed E-state index contributed by atoms with van der Waals surface area (Å²) in [4.78, 5) is 29.4. The van der Waals surface area contributed by atoms with Crippen molar-refractivity contribution in [2.24, 2.45) is 0 Å². The van der Waals surface area contributed by atoms with Gasteiger partial charge in [0.15, 0.2) is 0 Å². The zero-order chi connectivity index (χ0) is 19.8. The lowest BCUT2D eigenvalue weighted by molar-refractivity contribution is 0.0923. The number of hydrogen-bond donors (Lipinski definition) is 4. The van der Waals surface area contributed by atoms with Crippen LogP contribution in [0.2, 0.25) is 0 Å². The predicted octanol–water partition coefficient (Wildman–Crippen LogP) is 1.89. The Hall–Kier alpha value is -2.42. The highest BCUT2D eigenvalue weighted by Crippen LogP contribution is 2.20. The number of carboxylic acid groups (broad SMARTS) is 1. The molecule has 8 nitrogen and oxygen atoms in total. The van der Waals surface area contributed by atoms with E-state index < -0.39 is 11.9 Å².